The van der Waals surface area contributed by atoms with Gasteiger partial charge in [0, 0.05) is 13.0 Å². The minimum atomic E-state index is 0.00273. The molecule has 0 atom stereocenters. The third-order valence-corrected chi connectivity index (χ3v) is 3.55. The van der Waals surface area contributed by atoms with Crippen molar-refractivity contribution < 1.29 is 14.3 Å². The molecule has 134 valence electrons. The number of hydrogen-bond acceptors (Lipinski definition) is 5. The van der Waals surface area contributed by atoms with Gasteiger partial charge in [-0.05, 0) is 42.8 Å². The van der Waals surface area contributed by atoms with Gasteiger partial charge >= 0.3 is 0 Å². The van der Waals surface area contributed by atoms with Crippen molar-refractivity contribution in [3.8, 4) is 11.5 Å². The summed E-state index contributed by atoms with van der Waals surface area (Å²) in [5.41, 5.74) is 0.880. The average Bonchev–Trinajstić information content (AvgIpc) is 2.65. The van der Waals surface area contributed by atoms with E-state index in [1.54, 1.807) is 19.4 Å². The number of benzene rings is 1. The number of rotatable bonds is 10. The molecule has 0 unspecified atom stereocenters. The Kier molecular flexibility index (Phi) is 7.56. The molecule has 6 heteroatoms. The number of anilines is 2. The Morgan fingerprint density at radius 1 is 1.12 bits per heavy atom. The molecule has 2 rings (SSSR count). The Morgan fingerprint density at radius 2 is 1.88 bits per heavy atom. The zero-order chi connectivity index (χ0) is 17.9. The number of carbonyl (C=O) groups is 1. The maximum Gasteiger partial charge on any atom is 0.225 e. The molecule has 0 aliphatic rings. The molecule has 2 aromatic rings. The molecule has 1 amide bonds. The topological polar surface area (TPSA) is 72.5 Å². The fourth-order valence-corrected chi connectivity index (χ4v) is 2.15. The first-order valence-electron chi connectivity index (χ1n) is 8.48. The molecule has 0 fully saturated rings. The highest BCUT2D eigenvalue weighted by Crippen LogP contribution is 2.17. The van der Waals surface area contributed by atoms with Crippen LogP contribution in [0.2, 0.25) is 0 Å². The molecule has 0 spiro atoms. The summed E-state index contributed by atoms with van der Waals surface area (Å²) < 4.78 is 10.8. The van der Waals surface area contributed by atoms with Crippen LogP contribution in [-0.2, 0) is 4.79 Å². The van der Waals surface area contributed by atoms with Crippen LogP contribution in [0.4, 0.5) is 11.5 Å². The van der Waals surface area contributed by atoms with Crippen molar-refractivity contribution in [3.05, 3.63) is 42.6 Å². The summed E-state index contributed by atoms with van der Waals surface area (Å²) in [6.07, 6.45) is 4.12. The Morgan fingerprint density at radius 3 is 2.52 bits per heavy atom. The quantitative estimate of drug-likeness (QED) is 0.644. The van der Waals surface area contributed by atoms with Gasteiger partial charge in [0.25, 0.3) is 0 Å². The number of methoxy groups -OCH3 is 1. The van der Waals surface area contributed by atoms with Gasteiger partial charge in [0.2, 0.25) is 5.91 Å². The second-order valence-corrected chi connectivity index (χ2v) is 5.53. The molecule has 0 saturated heterocycles. The highest BCUT2D eigenvalue weighted by molar-refractivity contribution is 5.89. The van der Waals surface area contributed by atoms with Crippen LogP contribution in [-0.4, -0.2) is 31.2 Å². The first kappa shape index (κ1) is 18.6. The van der Waals surface area contributed by atoms with Crippen LogP contribution in [0.25, 0.3) is 0 Å². The van der Waals surface area contributed by atoms with Crippen molar-refractivity contribution in [1.82, 2.24) is 4.98 Å². The van der Waals surface area contributed by atoms with Crippen molar-refractivity contribution in [1.29, 1.82) is 0 Å². The number of ether oxygens (including phenoxy) is 2. The average molecular weight is 343 g/mol. The summed E-state index contributed by atoms with van der Waals surface area (Å²) in [7, 11) is 1.63. The van der Waals surface area contributed by atoms with E-state index < -0.39 is 0 Å². The Balaban J connectivity index is 1.69. The third kappa shape index (κ3) is 6.71. The maximum absolute atomic E-state index is 11.7. The van der Waals surface area contributed by atoms with Gasteiger partial charge in [-0.2, -0.15) is 0 Å². The Bertz CT molecular complexity index is 642. The van der Waals surface area contributed by atoms with E-state index in [4.69, 9.17) is 9.47 Å². The highest BCUT2D eigenvalue weighted by atomic mass is 16.5. The maximum atomic E-state index is 11.7. The van der Waals surface area contributed by atoms with Gasteiger partial charge in [-0.15, -0.1) is 0 Å². The van der Waals surface area contributed by atoms with E-state index in [-0.39, 0.29) is 5.91 Å². The van der Waals surface area contributed by atoms with Crippen LogP contribution in [0.3, 0.4) is 0 Å². The number of pyridine rings is 1. The lowest BCUT2D eigenvalue weighted by Crippen LogP contribution is -2.13. The minimum Gasteiger partial charge on any atom is -0.497 e. The number of carbonyl (C=O) groups excluding carboxylic acids is 1. The predicted molar refractivity (Wildman–Crippen MR) is 99.4 cm³/mol. The first-order valence-corrected chi connectivity index (χ1v) is 8.48. The molecular formula is C19H25N3O3. The first-order chi connectivity index (χ1) is 12.2. The van der Waals surface area contributed by atoms with Gasteiger partial charge < -0.3 is 20.1 Å². The molecular weight excluding hydrogens is 318 g/mol. The fourth-order valence-electron chi connectivity index (χ4n) is 2.15. The largest absolute Gasteiger partial charge is 0.497 e. The summed E-state index contributed by atoms with van der Waals surface area (Å²) in [5.74, 6) is 2.17. The van der Waals surface area contributed by atoms with Crippen LogP contribution >= 0.6 is 0 Å². The van der Waals surface area contributed by atoms with Crippen LogP contribution in [0.5, 0.6) is 11.5 Å². The number of aromatic nitrogens is 1. The van der Waals surface area contributed by atoms with E-state index in [9.17, 15) is 4.79 Å². The molecule has 1 aromatic carbocycles. The second kappa shape index (κ2) is 10.2. The van der Waals surface area contributed by atoms with Crippen molar-refractivity contribution in [2.45, 2.75) is 26.2 Å². The minimum absolute atomic E-state index is 0.00273. The van der Waals surface area contributed by atoms with Crippen molar-refractivity contribution in [2.75, 3.05) is 30.9 Å². The lowest BCUT2D eigenvalue weighted by atomic mass is 10.2. The molecule has 0 aliphatic carbocycles. The van der Waals surface area contributed by atoms with E-state index in [0.29, 0.717) is 25.4 Å². The molecule has 1 aromatic heterocycles. The van der Waals surface area contributed by atoms with Gasteiger partial charge in [0.15, 0.2) is 0 Å². The van der Waals surface area contributed by atoms with Gasteiger partial charge in [-0.25, -0.2) is 4.98 Å². The zero-order valence-electron chi connectivity index (χ0n) is 14.7. The number of nitrogens with zero attached hydrogens (tertiary/aromatic N) is 1. The van der Waals surface area contributed by atoms with Gasteiger partial charge in [-0.3, -0.25) is 4.79 Å². The number of hydrogen-bond donors (Lipinski definition) is 2. The summed E-state index contributed by atoms with van der Waals surface area (Å²) in [5, 5.41) is 6.02. The van der Waals surface area contributed by atoms with Crippen molar-refractivity contribution in [3.63, 3.8) is 0 Å². The van der Waals surface area contributed by atoms with E-state index in [0.717, 1.165) is 30.0 Å². The summed E-state index contributed by atoms with van der Waals surface area (Å²) in [6.45, 7) is 3.24. The van der Waals surface area contributed by atoms with Crippen molar-refractivity contribution in [2.24, 2.45) is 0 Å². The van der Waals surface area contributed by atoms with Gasteiger partial charge in [0.1, 0.15) is 23.9 Å². The van der Waals surface area contributed by atoms with Gasteiger partial charge in [0.05, 0.1) is 19.0 Å². The van der Waals surface area contributed by atoms with E-state index in [2.05, 4.69) is 22.5 Å². The lowest BCUT2D eigenvalue weighted by molar-refractivity contribution is -0.116. The van der Waals surface area contributed by atoms with Crippen LogP contribution in [0, 0.1) is 0 Å². The molecule has 0 saturated carbocycles. The monoisotopic (exact) mass is 343 g/mol. The molecule has 0 bridgehead atoms. The summed E-state index contributed by atoms with van der Waals surface area (Å²) in [4.78, 5) is 15.9. The number of amides is 1. The summed E-state index contributed by atoms with van der Waals surface area (Å²) in [6, 6.07) is 11.1. The van der Waals surface area contributed by atoms with Crippen LogP contribution in [0.15, 0.2) is 42.6 Å². The SMILES string of the molecule is CCCCC(=O)Nc1ccc(NCCOc2ccc(OC)cc2)cn1. The molecule has 0 aliphatic heterocycles. The second-order valence-electron chi connectivity index (χ2n) is 5.53. The zero-order valence-corrected chi connectivity index (χ0v) is 14.7. The van der Waals surface area contributed by atoms with E-state index >= 15 is 0 Å². The number of unbranched alkanes of at least 4 members (excludes halogenated alkanes) is 1. The standard InChI is InChI=1S/C19H25N3O3/c1-3-4-5-19(23)22-18-11-6-15(14-21-18)20-12-13-25-17-9-7-16(24-2)8-10-17/h6-11,14,20H,3-5,12-13H2,1-2H3,(H,21,22,23). The smallest absolute Gasteiger partial charge is 0.225 e. The van der Waals surface area contributed by atoms with E-state index in [1.807, 2.05) is 30.3 Å². The molecule has 1 heterocycles. The highest BCUT2D eigenvalue weighted by Gasteiger charge is 2.02. The third-order valence-electron chi connectivity index (χ3n) is 3.55. The molecule has 6 nitrogen and oxygen atoms in total. The molecule has 0 radical (unpaired) electrons. The Hall–Kier alpha value is -2.76. The lowest BCUT2D eigenvalue weighted by Gasteiger charge is -2.10. The predicted octanol–water partition coefficient (Wildman–Crippen LogP) is 3.71. The van der Waals surface area contributed by atoms with Gasteiger partial charge in [-0.1, -0.05) is 13.3 Å². The molecule has 25 heavy (non-hydrogen) atoms. The van der Waals surface area contributed by atoms with Crippen molar-refractivity contribution >= 4 is 17.4 Å². The normalized spacial score (nSPS) is 10.2. The van der Waals surface area contributed by atoms with Crippen LogP contribution in [0.1, 0.15) is 26.2 Å². The fraction of sp³-hybridized carbons (Fsp3) is 0.368. The van der Waals surface area contributed by atoms with E-state index in [1.165, 1.54) is 0 Å². The molecule has 2 N–H and O–H groups in total. The van der Waals surface area contributed by atoms with Crippen LogP contribution < -0.4 is 20.1 Å². The summed E-state index contributed by atoms with van der Waals surface area (Å²) >= 11 is 0. The Labute approximate surface area is 148 Å². The number of nitrogens with one attached hydrogen (secondary N) is 2.